The highest BCUT2D eigenvalue weighted by Crippen LogP contribution is 2.17. The molecule has 0 saturated carbocycles. The van der Waals surface area contributed by atoms with Gasteiger partial charge in [0.15, 0.2) is 0 Å². The Hall–Kier alpha value is -1.68. The standard InChI is InChI=1S/C12H14N2O2/c1-2-3-9-4-6-10(7-5-9)12-13-11(8-15)16-14-12/h4-7,15H,2-3,8H2,1H3. The molecule has 0 bridgehead atoms. The van der Waals surface area contributed by atoms with Crippen molar-refractivity contribution in [2.24, 2.45) is 0 Å². The summed E-state index contributed by atoms with van der Waals surface area (Å²) < 4.78 is 4.83. The van der Waals surface area contributed by atoms with Crippen LogP contribution >= 0.6 is 0 Å². The largest absolute Gasteiger partial charge is 0.387 e. The minimum atomic E-state index is -0.221. The van der Waals surface area contributed by atoms with Crippen molar-refractivity contribution >= 4 is 0 Å². The van der Waals surface area contributed by atoms with E-state index >= 15 is 0 Å². The first-order valence-electron chi connectivity index (χ1n) is 5.36. The molecule has 0 aliphatic heterocycles. The maximum atomic E-state index is 8.82. The zero-order valence-corrected chi connectivity index (χ0v) is 9.18. The quantitative estimate of drug-likeness (QED) is 0.854. The molecule has 1 N–H and O–H groups in total. The molecular weight excluding hydrogens is 204 g/mol. The lowest BCUT2D eigenvalue weighted by atomic mass is 10.1. The Morgan fingerprint density at radius 2 is 2.00 bits per heavy atom. The lowest BCUT2D eigenvalue weighted by molar-refractivity contribution is 0.222. The highest BCUT2D eigenvalue weighted by atomic mass is 16.5. The number of rotatable bonds is 4. The van der Waals surface area contributed by atoms with E-state index < -0.39 is 0 Å². The maximum absolute atomic E-state index is 8.82. The second-order valence-electron chi connectivity index (χ2n) is 3.62. The van der Waals surface area contributed by atoms with Crippen molar-refractivity contribution in [1.82, 2.24) is 10.1 Å². The van der Waals surface area contributed by atoms with Crippen molar-refractivity contribution in [3.63, 3.8) is 0 Å². The van der Waals surface area contributed by atoms with Crippen molar-refractivity contribution in [3.05, 3.63) is 35.7 Å². The molecule has 4 nitrogen and oxygen atoms in total. The molecule has 0 amide bonds. The van der Waals surface area contributed by atoms with Crippen molar-refractivity contribution < 1.29 is 9.63 Å². The molecule has 16 heavy (non-hydrogen) atoms. The Balaban J connectivity index is 2.20. The Bertz CT molecular complexity index is 448. The molecule has 2 rings (SSSR count). The number of aryl methyl sites for hydroxylation is 1. The third kappa shape index (κ3) is 2.28. The zero-order chi connectivity index (χ0) is 11.4. The second kappa shape index (κ2) is 4.90. The van der Waals surface area contributed by atoms with Crippen LogP contribution < -0.4 is 0 Å². The van der Waals surface area contributed by atoms with Crippen LogP contribution in [0.1, 0.15) is 24.8 Å². The average molecular weight is 218 g/mol. The van der Waals surface area contributed by atoms with E-state index in [0.717, 1.165) is 18.4 Å². The second-order valence-corrected chi connectivity index (χ2v) is 3.62. The molecule has 1 heterocycles. The summed E-state index contributed by atoms with van der Waals surface area (Å²) in [5.41, 5.74) is 2.21. The van der Waals surface area contributed by atoms with Crippen LogP contribution in [0.25, 0.3) is 11.4 Å². The number of aromatic nitrogens is 2. The number of benzene rings is 1. The predicted octanol–water partition coefficient (Wildman–Crippen LogP) is 2.18. The van der Waals surface area contributed by atoms with E-state index in [9.17, 15) is 0 Å². The zero-order valence-electron chi connectivity index (χ0n) is 9.18. The van der Waals surface area contributed by atoms with Gasteiger partial charge in [-0.3, -0.25) is 0 Å². The van der Waals surface area contributed by atoms with Crippen molar-refractivity contribution in [2.75, 3.05) is 0 Å². The van der Waals surface area contributed by atoms with Gasteiger partial charge < -0.3 is 9.63 Å². The maximum Gasteiger partial charge on any atom is 0.252 e. The number of aliphatic hydroxyl groups is 1. The summed E-state index contributed by atoms with van der Waals surface area (Å²) in [6.45, 7) is 1.93. The molecule has 84 valence electrons. The van der Waals surface area contributed by atoms with Gasteiger partial charge in [0.1, 0.15) is 6.61 Å². The molecule has 1 aromatic heterocycles. The highest BCUT2D eigenvalue weighted by molar-refractivity contribution is 5.54. The molecule has 0 fully saturated rings. The van der Waals surface area contributed by atoms with Gasteiger partial charge in [0, 0.05) is 5.56 Å². The van der Waals surface area contributed by atoms with Gasteiger partial charge in [-0.15, -0.1) is 0 Å². The van der Waals surface area contributed by atoms with Gasteiger partial charge in [0.25, 0.3) is 5.89 Å². The van der Waals surface area contributed by atoms with Crippen LogP contribution in [0, 0.1) is 0 Å². The fourth-order valence-electron chi connectivity index (χ4n) is 1.55. The molecular formula is C12H14N2O2. The first-order chi connectivity index (χ1) is 7.83. The van der Waals surface area contributed by atoms with E-state index in [0.29, 0.717) is 5.82 Å². The molecule has 0 aliphatic carbocycles. The number of hydrogen-bond acceptors (Lipinski definition) is 4. The molecule has 0 saturated heterocycles. The summed E-state index contributed by atoms with van der Waals surface area (Å²) in [6.07, 6.45) is 2.21. The lowest BCUT2D eigenvalue weighted by Crippen LogP contribution is -1.86. The highest BCUT2D eigenvalue weighted by Gasteiger charge is 2.06. The van der Waals surface area contributed by atoms with E-state index in [1.54, 1.807) is 0 Å². The molecule has 2 aromatic rings. The topological polar surface area (TPSA) is 59.2 Å². The van der Waals surface area contributed by atoms with Gasteiger partial charge in [-0.2, -0.15) is 4.98 Å². The van der Waals surface area contributed by atoms with Crippen LogP contribution in [0.15, 0.2) is 28.8 Å². The van der Waals surface area contributed by atoms with E-state index in [2.05, 4.69) is 29.2 Å². The number of hydrogen-bond donors (Lipinski definition) is 1. The molecule has 0 atom stereocenters. The molecule has 4 heteroatoms. The van der Waals surface area contributed by atoms with Crippen LogP contribution in [-0.4, -0.2) is 15.2 Å². The average Bonchev–Trinajstić information content (AvgIpc) is 2.79. The van der Waals surface area contributed by atoms with Crippen LogP contribution in [0.2, 0.25) is 0 Å². The predicted molar refractivity (Wildman–Crippen MR) is 59.7 cm³/mol. The monoisotopic (exact) mass is 218 g/mol. The van der Waals surface area contributed by atoms with Crippen molar-refractivity contribution in [2.45, 2.75) is 26.4 Å². The molecule has 1 aromatic carbocycles. The van der Waals surface area contributed by atoms with Crippen LogP contribution in [0.4, 0.5) is 0 Å². The third-order valence-electron chi connectivity index (χ3n) is 2.35. The molecule has 0 spiro atoms. The van der Waals surface area contributed by atoms with Crippen LogP contribution in [0.5, 0.6) is 0 Å². The molecule has 0 unspecified atom stereocenters. The van der Waals surface area contributed by atoms with Gasteiger partial charge in [0.2, 0.25) is 5.82 Å². The fraction of sp³-hybridized carbons (Fsp3) is 0.333. The molecule has 0 aliphatic rings. The van der Waals surface area contributed by atoms with E-state index in [1.807, 2.05) is 12.1 Å². The van der Waals surface area contributed by atoms with Gasteiger partial charge in [-0.05, 0) is 12.0 Å². The van der Waals surface area contributed by atoms with E-state index in [1.165, 1.54) is 5.56 Å². The van der Waals surface area contributed by atoms with Crippen LogP contribution in [-0.2, 0) is 13.0 Å². The first kappa shape index (κ1) is 10.8. The first-order valence-corrected chi connectivity index (χ1v) is 5.36. The minimum Gasteiger partial charge on any atom is -0.387 e. The lowest BCUT2D eigenvalue weighted by Gasteiger charge is -1.98. The number of nitrogens with zero attached hydrogens (tertiary/aromatic N) is 2. The third-order valence-corrected chi connectivity index (χ3v) is 2.35. The van der Waals surface area contributed by atoms with Crippen molar-refractivity contribution in [1.29, 1.82) is 0 Å². The van der Waals surface area contributed by atoms with E-state index in [4.69, 9.17) is 9.63 Å². The Labute approximate surface area is 93.9 Å². The van der Waals surface area contributed by atoms with Gasteiger partial charge in [-0.1, -0.05) is 42.8 Å². The van der Waals surface area contributed by atoms with Gasteiger partial charge >= 0.3 is 0 Å². The summed E-state index contributed by atoms with van der Waals surface area (Å²) in [7, 11) is 0. The minimum absolute atomic E-state index is 0.221. The summed E-state index contributed by atoms with van der Waals surface area (Å²) >= 11 is 0. The Morgan fingerprint density at radius 1 is 1.25 bits per heavy atom. The Morgan fingerprint density at radius 3 is 2.56 bits per heavy atom. The van der Waals surface area contributed by atoms with Gasteiger partial charge in [0.05, 0.1) is 0 Å². The summed E-state index contributed by atoms with van der Waals surface area (Å²) in [6, 6.07) is 8.07. The SMILES string of the molecule is CCCc1ccc(-c2noc(CO)n2)cc1. The van der Waals surface area contributed by atoms with Crippen molar-refractivity contribution in [3.8, 4) is 11.4 Å². The summed E-state index contributed by atoms with van der Waals surface area (Å²) in [5, 5.41) is 12.6. The number of aliphatic hydroxyl groups excluding tert-OH is 1. The Kier molecular flexibility index (Phi) is 3.31. The summed E-state index contributed by atoms with van der Waals surface area (Å²) in [5.74, 6) is 0.764. The molecule has 0 radical (unpaired) electrons. The fourth-order valence-corrected chi connectivity index (χ4v) is 1.55. The van der Waals surface area contributed by atoms with E-state index in [-0.39, 0.29) is 12.5 Å². The summed E-state index contributed by atoms with van der Waals surface area (Å²) in [4.78, 5) is 4.05. The normalized spacial score (nSPS) is 10.6. The van der Waals surface area contributed by atoms with Gasteiger partial charge in [-0.25, -0.2) is 0 Å². The smallest absolute Gasteiger partial charge is 0.252 e. The van der Waals surface area contributed by atoms with Crippen LogP contribution in [0.3, 0.4) is 0 Å².